The van der Waals surface area contributed by atoms with Crippen LogP contribution >= 0.6 is 11.6 Å². The third-order valence-electron chi connectivity index (χ3n) is 2.51. The van der Waals surface area contributed by atoms with Gasteiger partial charge >= 0.3 is 6.03 Å². The molecule has 4 nitrogen and oxygen atoms in total. The van der Waals surface area contributed by atoms with Crippen LogP contribution in [0.5, 0.6) is 0 Å². The van der Waals surface area contributed by atoms with Gasteiger partial charge in [-0.3, -0.25) is 0 Å². The first kappa shape index (κ1) is 15.7. The zero-order valence-electron chi connectivity index (χ0n) is 10.9. The summed E-state index contributed by atoms with van der Waals surface area (Å²) in [6.45, 7) is 3.81. The molecular weight excluding hydrogens is 271 g/mol. The standard InChI is InChI=1S/C13H18ClFN2O2/c1-8(2)6-9(7-18)16-13(19)17-11-5-3-4-10(14)12(11)15/h3-5,8-9,18H,6-7H2,1-2H3,(H2,16,17,19). The summed E-state index contributed by atoms with van der Waals surface area (Å²) in [5, 5.41) is 14.0. The lowest BCUT2D eigenvalue weighted by Gasteiger charge is -2.18. The molecule has 1 unspecified atom stereocenters. The zero-order valence-corrected chi connectivity index (χ0v) is 11.7. The molecule has 0 fully saturated rings. The van der Waals surface area contributed by atoms with Crippen molar-refractivity contribution in [2.45, 2.75) is 26.3 Å². The van der Waals surface area contributed by atoms with Crippen LogP contribution in [0.1, 0.15) is 20.3 Å². The van der Waals surface area contributed by atoms with Gasteiger partial charge in [0, 0.05) is 0 Å². The van der Waals surface area contributed by atoms with E-state index in [1.54, 1.807) is 6.07 Å². The fourth-order valence-electron chi connectivity index (χ4n) is 1.69. The largest absolute Gasteiger partial charge is 0.394 e. The van der Waals surface area contributed by atoms with Crippen LogP contribution in [0.25, 0.3) is 0 Å². The molecule has 0 bridgehead atoms. The van der Waals surface area contributed by atoms with Gasteiger partial charge in [0.25, 0.3) is 0 Å². The highest BCUT2D eigenvalue weighted by Crippen LogP contribution is 2.21. The molecule has 0 aliphatic carbocycles. The minimum Gasteiger partial charge on any atom is -0.394 e. The third-order valence-corrected chi connectivity index (χ3v) is 2.80. The van der Waals surface area contributed by atoms with E-state index in [1.807, 2.05) is 13.8 Å². The molecule has 19 heavy (non-hydrogen) atoms. The van der Waals surface area contributed by atoms with E-state index in [4.69, 9.17) is 16.7 Å². The van der Waals surface area contributed by atoms with Crippen LogP contribution in [0.2, 0.25) is 5.02 Å². The number of hydrogen-bond donors (Lipinski definition) is 3. The number of benzene rings is 1. The molecule has 1 aromatic rings. The van der Waals surface area contributed by atoms with Crippen molar-refractivity contribution in [1.82, 2.24) is 5.32 Å². The number of hydrogen-bond acceptors (Lipinski definition) is 2. The van der Waals surface area contributed by atoms with Gasteiger partial charge < -0.3 is 15.7 Å². The number of halogens is 2. The van der Waals surface area contributed by atoms with E-state index in [-0.39, 0.29) is 23.4 Å². The molecule has 0 radical (unpaired) electrons. The molecule has 106 valence electrons. The Labute approximate surface area is 117 Å². The van der Waals surface area contributed by atoms with E-state index in [1.165, 1.54) is 12.1 Å². The molecule has 0 heterocycles. The van der Waals surface area contributed by atoms with E-state index in [0.29, 0.717) is 12.3 Å². The number of urea groups is 1. The molecule has 0 spiro atoms. The predicted octanol–water partition coefficient (Wildman–Crippen LogP) is 3.01. The number of aliphatic hydroxyl groups is 1. The van der Waals surface area contributed by atoms with Crippen molar-refractivity contribution in [3.8, 4) is 0 Å². The molecule has 1 aromatic carbocycles. The lowest BCUT2D eigenvalue weighted by atomic mass is 10.0. The van der Waals surface area contributed by atoms with Gasteiger partial charge in [-0.2, -0.15) is 0 Å². The zero-order chi connectivity index (χ0) is 14.4. The van der Waals surface area contributed by atoms with E-state index in [0.717, 1.165) is 0 Å². The van der Waals surface area contributed by atoms with Crippen LogP contribution in [-0.4, -0.2) is 23.8 Å². The fraction of sp³-hybridized carbons (Fsp3) is 0.462. The Bertz CT molecular complexity index is 441. The van der Waals surface area contributed by atoms with Gasteiger partial charge in [0.2, 0.25) is 0 Å². The smallest absolute Gasteiger partial charge is 0.319 e. The molecule has 1 atom stereocenters. The first-order valence-electron chi connectivity index (χ1n) is 6.06. The van der Waals surface area contributed by atoms with Crippen LogP contribution in [0.4, 0.5) is 14.9 Å². The first-order valence-corrected chi connectivity index (χ1v) is 6.44. The first-order chi connectivity index (χ1) is 8.93. The number of aliphatic hydroxyl groups excluding tert-OH is 1. The monoisotopic (exact) mass is 288 g/mol. The number of anilines is 1. The third kappa shape index (κ3) is 5.04. The Kier molecular flexibility index (Phi) is 6.05. The van der Waals surface area contributed by atoms with Crippen molar-refractivity contribution >= 4 is 23.3 Å². The van der Waals surface area contributed by atoms with Crippen LogP contribution in [0.3, 0.4) is 0 Å². The second-order valence-corrected chi connectivity index (χ2v) is 5.12. The second kappa shape index (κ2) is 7.31. The average Bonchev–Trinajstić information content (AvgIpc) is 2.33. The van der Waals surface area contributed by atoms with Crippen LogP contribution in [0, 0.1) is 11.7 Å². The summed E-state index contributed by atoms with van der Waals surface area (Å²) in [6.07, 6.45) is 0.641. The lowest BCUT2D eigenvalue weighted by Crippen LogP contribution is -2.41. The van der Waals surface area contributed by atoms with Gasteiger partial charge in [-0.1, -0.05) is 31.5 Å². The van der Waals surface area contributed by atoms with Crippen molar-refractivity contribution in [2.24, 2.45) is 5.92 Å². The molecular formula is C13H18ClFN2O2. The van der Waals surface area contributed by atoms with E-state index in [2.05, 4.69) is 10.6 Å². The van der Waals surface area contributed by atoms with Crippen molar-refractivity contribution < 1.29 is 14.3 Å². The van der Waals surface area contributed by atoms with Gasteiger partial charge in [0.1, 0.15) is 0 Å². The SMILES string of the molecule is CC(C)CC(CO)NC(=O)Nc1cccc(Cl)c1F. The number of carbonyl (C=O) groups is 1. The average molecular weight is 289 g/mol. The van der Waals surface area contributed by atoms with E-state index < -0.39 is 11.8 Å². The van der Waals surface area contributed by atoms with Crippen LogP contribution < -0.4 is 10.6 Å². The highest BCUT2D eigenvalue weighted by Gasteiger charge is 2.14. The van der Waals surface area contributed by atoms with E-state index in [9.17, 15) is 9.18 Å². The minimum atomic E-state index is -0.677. The second-order valence-electron chi connectivity index (χ2n) is 4.71. The Morgan fingerprint density at radius 3 is 2.74 bits per heavy atom. The van der Waals surface area contributed by atoms with Gasteiger partial charge in [0.15, 0.2) is 5.82 Å². The Hall–Kier alpha value is -1.33. The normalized spacial score (nSPS) is 12.3. The molecule has 0 aliphatic rings. The van der Waals surface area contributed by atoms with E-state index >= 15 is 0 Å². The number of amides is 2. The summed E-state index contributed by atoms with van der Waals surface area (Å²) in [5.41, 5.74) is 0.00577. The highest BCUT2D eigenvalue weighted by atomic mass is 35.5. The maximum Gasteiger partial charge on any atom is 0.319 e. The quantitative estimate of drug-likeness (QED) is 0.780. The van der Waals surface area contributed by atoms with Crippen molar-refractivity contribution in [2.75, 3.05) is 11.9 Å². The molecule has 0 aromatic heterocycles. The predicted molar refractivity (Wildman–Crippen MR) is 73.9 cm³/mol. The topological polar surface area (TPSA) is 61.4 Å². The number of carbonyl (C=O) groups excluding carboxylic acids is 1. The molecule has 0 saturated heterocycles. The molecule has 1 rings (SSSR count). The van der Waals surface area contributed by atoms with Crippen LogP contribution in [-0.2, 0) is 0 Å². The fourth-order valence-corrected chi connectivity index (χ4v) is 1.87. The summed E-state index contributed by atoms with van der Waals surface area (Å²) in [5.74, 6) is -0.343. The number of nitrogens with one attached hydrogen (secondary N) is 2. The molecule has 3 N–H and O–H groups in total. The van der Waals surface area contributed by atoms with Crippen molar-refractivity contribution in [1.29, 1.82) is 0 Å². The summed E-state index contributed by atoms with van der Waals surface area (Å²) < 4.78 is 13.6. The Balaban J connectivity index is 2.62. The van der Waals surface area contributed by atoms with Crippen LogP contribution in [0.15, 0.2) is 18.2 Å². The summed E-state index contributed by atoms with van der Waals surface area (Å²) >= 11 is 5.61. The molecule has 0 aliphatic heterocycles. The Morgan fingerprint density at radius 1 is 1.47 bits per heavy atom. The summed E-state index contributed by atoms with van der Waals surface area (Å²) in [4.78, 5) is 11.7. The summed E-state index contributed by atoms with van der Waals surface area (Å²) in [6, 6.07) is 3.42. The minimum absolute atomic E-state index is 0.00577. The molecule has 6 heteroatoms. The highest BCUT2D eigenvalue weighted by molar-refractivity contribution is 6.31. The summed E-state index contributed by atoms with van der Waals surface area (Å²) in [7, 11) is 0. The maximum absolute atomic E-state index is 13.6. The maximum atomic E-state index is 13.6. The van der Waals surface area contributed by atoms with Gasteiger partial charge in [-0.15, -0.1) is 0 Å². The van der Waals surface area contributed by atoms with Gasteiger partial charge in [0.05, 0.1) is 23.4 Å². The van der Waals surface area contributed by atoms with Crippen molar-refractivity contribution in [3.63, 3.8) is 0 Å². The van der Waals surface area contributed by atoms with Crippen molar-refractivity contribution in [3.05, 3.63) is 29.0 Å². The molecule has 2 amide bonds. The number of rotatable bonds is 5. The lowest BCUT2D eigenvalue weighted by molar-refractivity contribution is 0.214. The Morgan fingerprint density at radius 2 is 2.16 bits per heavy atom. The van der Waals surface area contributed by atoms with Gasteiger partial charge in [-0.25, -0.2) is 9.18 Å². The molecule has 0 saturated carbocycles. The van der Waals surface area contributed by atoms with Gasteiger partial charge in [-0.05, 0) is 24.5 Å².